The van der Waals surface area contributed by atoms with E-state index in [0.717, 1.165) is 45.3 Å². The number of rotatable bonds is 10. The van der Waals surface area contributed by atoms with E-state index in [2.05, 4.69) is 26.0 Å². The van der Waals surface area contributed by atoms with Crippen molar-refractivity contribution in [3.63, 3.8) is 0 Å². The highest BCUT2D eigenvalue weighted by molar-refractivity contribution is 5.62. The number of hydrogen-bond acceptors (Lipinski definition) is 4. The molecule has 0 saturated carbocycles. The largest absolute Gasteiger partial charge is 0.497 e. The van der Waals surface area contributed by atoms with Gasteiger partial charge in [-0.05, 0) is 59.9 Å². The van der Waals surface area contributed by atoms with Gasteiger partial charge < -0.3 is 18.9 Å². The van der Waals surface area contributed by atoms with E-state index in [1.807, 2.05) is 67.6 Å². The molecule has 0 aliphatic heterocycles. The average molecular weight is 433 g/mol. The Labute approximate surface area is 191 Å². The van der Waals surface area contributed by atoms with Crippen molar-refractivity contribution in [3.05, 3.63) is 89.0 Å². The Morgan fingerprint density at radius 3 is 1.66 bits per heavy atom. The summed E-state index contributed by atoms with van der Waals surface area (Å²) in [6.45, 7) is 7.30. The molecule has 0 bridgehead atoms. The van der Waals surface area contributed by atoms with Crippen LogP contribution in [0, 0.1) is 0 Å². The topological polar surface area (TPSA) is 36.9 Å². The SMILES string of the molecule is CC=Cc1cc(C(C)C)c(OCc2ccc(OC)cc2)cc1OCc1ccc(OC)cc1. The molecule has 0 N–H and O–H groups in total. The highest BCUT2D eigenvalue weighted by Gasteiger charge is 2.14. The maximum Gasteiger partial charge on any atom is 0.130 e. The van der Waals surface area contributed by atoms with Crippen LogP contribution >= 0.6 is 0 Å². The van der Waals surface area contributed by atoms with Crippen LogP contribution in [0.15, 0.2) is 66.7 Å². The van der Waals surface area contributed by atoms with Gasteiger partial charge in [-0.2, -0.15) is 0 Å². The Balaban J connectivity index is 1.83. The summed E-state index contributed by atoms with van der Waals surface area (Å²) in [5, 5.41) is 0. The predicted octanol–water partition coefficient (Wildman–Crippen LogP) is 7.02. The Hall–Kier alpha value is -3.40. The van der Waals surface area contributed by atoms with Gasteiger partial charge in [0.2, 0.25) is 0 Å². The highest BCUT2D eigenvalue weighted by Crippen LogP contribution is 2.35. The highest BCUT2D eigenvalue weighted by atomic mass is 16.5. The van der Waals surface area contributed by atoms with Gasteiger partial charge in [-0.3, -0.25) is 0 Å². The lowest BCUT2D eigenvalue weighted by molar-refractivity contribution is 0.286. The molecule has 32 heavy (non-hydrogen) atoms. The van der Waals surface area contributed by atoms with Gasteiger partial charge in [-0.1, -0.05) is 50.3 Å². The summed E-state index contributed by atoms with van der Waals surface area (Å²) >= 11 is 0. The molecule has 0 atom stereocenters. The van der Waals surface area contributed by atoms with Gasteiger partial charge in [0.25, 0.3) is 0 Å². The quantitative estimate of drug-likeness (QED) is 0.345. The molecule has 0 heterocycles. The van der Waals surface area contributed by atoms with E-state index in [9.17, 15) is 0 Å². The van der Waals surface area contributed by atoms with E-state index in [1.54, 1.807) is 14.2 Å². The zero-order valence-corrected chi connectivity index (χ0v) is 19.6. The van der Waals surface area contributed by atoms with E-state index < -0.39 is 0 Å². The van der Waals surface area contributed by atoms with Crippen LogP contribution in [0.5, 0.6) is 23.0 Å². The maximum absolute atomic E-state index is 6.25. The van der Waals surface area contributed by atoms with E-state index in [4.69, 9.17) is 18.9 Å². The van der Waals surface area contributed by atoms with Crippen LogP contribution in [-0.4, -0.2) is 14.2 Å². The molecule has 0 amide bonds. The molecule has 0 radical (unpaired) electrons. The minimum Gasteiger partial charge on any atom is -0.497 e. The van der Waals surface area contributed by atoms with Gasteiger partial charge in [0, 0.05) is 11.6 Å². The van der Waals surface area contributed by atoms with Crippen LogP contribution in [0.4, 0.5) is 0 Å². The van der Waals surface area contributed by atoms with Gasteiger partial charge in [-0.25, -0.2) is 0 Å². The number of benzene rings is 3. The molecule has 0 unspecified atom stereocenters. The molecular weight excluding hydrogens is 400 g/mol. The minimum absolute atomic E-state index is 0.320. The molecular formula is C28H32O4. The molecule has 0 aliphatic rings. The molecule has 3 aromatic rings. The van der Waals surface area contributed by atoms with Gasteiger partial charge >= 0.3 is 0 Å². The molecule has 0 fully saturated rings. The van der Waals surface area contributed by atoms with Crippen LogP contribution in [0.2, 0.25) is 0 Å². The molecule has 0 aliphatic carbocycles. The van der Waals surface area contributed by atoms with Gasteiger partial charge in [0.15, 0.2) is 0 Å². The third kappa shape index (κ3) is 6.07. The molecule has 0 spiro atoms. The Bertz CT molecular complexity index is 1020. The molecule has 3 rings (SSSR count). The number of ether oxygens (including phenoxy) is 4. The molecule has 0 aromatic heterocycles. The normalized spacial score (nSPS) is 11.1. The number of methoxy groups -OCH3 is 2. The minimum atomic E-state index is 0.320. The second kappa shape index (κ2) is 11.3. The monoisotopic (exact) mass is 432 g/mol. The third-order valence-electron chi connectivity index (χ3n) is 5.22. The van der Waals surface area contributed by atoms with Gasteiger partial charge in [0.1, 0.15) is 36.2 Å². The Kier molecular flexibility index (Phi) is 8.20. The second-order valence-electron chi connectivity index (χ2n) is 7.86. The van der Waals surface area contributed by atoms with Gasteiger partial charge in [0.05, 0.1) is 14.2 Å². The van der Waals surface area contributed by atoms with Crippen molar-refractivity contribution >= 4 is 6.08 Å². The van der Waals surface area contributed by atoms with Crippen LogP contribution in [0.1, 0.15) is 48.9 Å². The average Bonchev–Trinajstić information content (AvgIpc) is 2.82. The standard InChI is InChI=1S/C28H32O4/c1-6-7-23-16-26(20(2)3)28(32-19-22-10-14-25(30-5)15-11-22)17-27(23)31-18-21-8-12-24(29-4)13-9-21/h6-17,20H,18-19H2,1-5H3. The van der Waals surface area contributed by atoms with Crippen molar-refractivity contribution < 1.29 is 18.9 Å². The van der Waals surface area contributed by atoms with E-state index >= 15 is 0 Å². The zero-order chi connectivity index (χ0) is 22.9. The lowest BCUT2D eigenvalue weighted by Gasteiger charge is -2.19. The fourth-order valence-corrected chi connectivity index (χ4v) is 3.37. The van der Waals surface area contributed by atoms with Crippen molar-refractivity contribution in [1.29, 1.82) is 0 Å². The summed E-state index contributed by atoms with van der Waals surface area (Å²) in [6.07, 6.45) is 4.10. The first kappa shape index (κ1) is 23.3. The lowest BCUT2D eigenvalue weighted by atomic mass is 9.98. The molecule has 3 aromatic carbocycles. The van der Waals surface area contributed by atoms with Gasteiger partial charge in [-0.15, -0.1) is 0 Å². The van der Waals surface area contributed by atoms with Crippen molar-refractivity contribution in [1.82, 2.24) is 0 Å². The van der Waals surface area contributed by atoms with Crippen molar-refractivity contribution in [2.24, 2.45) is 0 Å². The third-order valence-corrected chi connectivity index (χ3v) is 5.22. The van der Waals surface area contributed by atoms with E-state index in [0.29, 0.717) is 19.1 Å². The zero-order valence-electron chi connectivity index (χ0n) is 19.6. The maximum atomic E-state index is 6.25. The molecule has 4 nitrogen and oxygen atoms in total. The van der Waals surface area contributed by atoms with Crippen molar-refractivity contribution in [2.45, 2.75) is 39.9 Å². The summed E-state index contributed by atoms with van der Waals surface area (Å²) in [5.74, 6) is 3.63. The summed E-state index contributed by atoms with van der Waals surface area (Å²) in [5.41, 5.74) is 4.36. The predicted molar refractivity (Wildman–Crippen MR) is 130 cm³/mol. The fourth-order valence-electron chi connectivity index (χ4n) is 3.37. The Morgan fingerprint density at radius 2 is 1.22 bits per heavy atom. The van der Waals surface area contributed by atoms with Crippen LogP contribution in [-0.2, 0) is 13.2 Å². The number of allylic oxidation sites excluding steroid dienone is 1. The van der Waals surface area contributed by atoms with Crippen molar-refractivity contribution in [2.75, 3.05) is 14.2 Å². The fraction of sp³-hybridized carbons (Fsp3) is 0.286. The summed E-state index contributed by atoms with van der Waals surface area (Å²) < 4.78 is 22.9. The molecule has 168 valence electrons. The Morgan fingerprint density at radius 1 is 0.719 bits per heavy atom. The number of hydrogen-bond donors (Lipinski definition) is 0. The van der Waals surface area contributed by atoms with E-state index in [1.165, 1.54) is 0 Å². The smallest absolute Gasteiger partial charge is 0.130 e. The summed E-state index contributed by atoms with van der Waals surface area (Å²) in [4.78, 5) is 0. The van der Waals surface area contributed by atoms with Crippen molar-refractivity contribution in [3.8, 4) is 23.0 Å². The van der Waals surface area contributed by atoms with Crippen LogP contribution in [0.3, 0.4) is 0 Å². The van der Waals surface area contributed by atoms with Crippen LogP contribution in [0.25, 0.3) is 6.08 Å². The molecule has 0 saturated heterocycles. The first-order valence-electron chi connectivity index (χ1n) is 10.9. The first-order valence-corrected chi connectivity index (χ1v) is 10.9. The summed E-state index contributed by atoms with van der Waals surface area (Å²) in [7, 11) is 3.33. The van der Waals surface area contributed by atoms with Crippen LogP contribution < -0.4 is 18.9 Å². The molecule has 4 heteroatoms. The summed E-state index contributed by atoms with van der Waals surface area (Å²) in [6, 6.07) is 20.0. The second-order valence-corrected chi connectivity index (χ2v) is 7.86. The lowest BCUT2D eigenvalue weighted by Crippen LogP contribution is -2.03. The first-order chi connectivity index (χ1) is 15.5. The van der Waals surface area contributed by atoms with E-state index in [-0.39, 0.29) is 0 Å².